The van der Waals surface area contributed by atoms with Gasteiger partial charge in [0, 0.05) is 0 Å². The van der Waals surface area contributed by atoms with Crippen LogP contribution >= 0.6 is 0 Å². The summed E-state index contributed by atoms with van der Waals surface area (Å²) in [6.07, 6.45) is 6.80. The SMILES string of the molecule is CCCc1c(/C=C/c2ccc(OC)cc2)cccc1[Si](C)(C)C. The molecule has 0 bridgehead atoms. The monoisotopic (exact) mass is 324 g/mol. The van der Waals surface area contributed by atoms with Crippen molar-refractivity contribution in [1.82, 2.24) is 0 Å². The summed E-state index contributed by atoms with van der Waals surface area (Å²) in [5.41, 5.74) is 4.10. The van der Waals surface area contributed by atoms with Crippen LogP contribution in [0.5, 0.6) is 5.75 Å². The molecule has 0 aliphatic rings. The van der Waals surface area contributed by atoms with Gasteiger partial charge in [-0.05, 0) is 35.2 Å². The summed E-state index contributed by atoms with van der Waals surface area (Å²) < 4.78 is 5.22. The second kappa shape index (κ2) is 7.65. The van der Waals surface area contributed by atoms with Crippen LogP contribution in [-0.4, -0.2) is 15.2 Å². The Balaban J connectivity index is 2.36. The predicted molar refractivity (Wildman–Crippen MR) is 105 cm³/mol. The molecule has 0 N–H and O–H groups in total. The highest BCUT2D eigenvalue weighted by Gasteiger charge is 2.20. The van der Waals surface area contributed by atoms with Gasteiger partial charge in [0.2, 0.25) is 0 Å². The smallest absolute Gasteiger partial charge is 0.118 e. The van der Waals surface area contributed by atoms with Gasteiger partial charge < -0.3 is 4.74 Å². The third-order valence-electron chi connectivity index (χ3n) is 4.09. The summed E-state index contributed by atoms with van der Waals surface area (Å²) in [5, 5.41) is 1.59. The van der Waals surface area contributed by atoms with Gasteiger partial charge in [0.15, 0.2) is 0 Å². The van der Waals surface area contributed by atoms with E-state index in [1.54, 1.807) is 17.9 Å². The number of benzene rings is 2. The quantitative estimate of drug-likeness (QED) is 0.513. The van der Waals surface area contributed by atoms with Crippen molar-refractivity contribution >= 4 is 25.4 Å². The maximum absolute atomic E-state index is 5.22. The Morgan fingerprint density at radius 3 is 2.22 bits per heavy atom. The first-order chi connectivity index (χ1) is 11.0. The number of ether oxygens (including phenoxy) is 1. The number of rotatable bonds is 6. The van der Waals surface area contributed by atoms with Gasteiger partial charge in [0.05, 0.1) is 15.2 Å². The molecule has 0 amide bonds. The van der Waals surface area contributed by atoms with Gasteiger partial charge in [0.25, 0.3) is 0 Å². The van der Waals surface area contributed by atoms with E-state index in [9.17, 15) is 0 Å². The van der Waals surface area contributed by atoms with Crippen molar-refractivity contribution in [3.8, 4) is 5.75 Å². The van der Waals surface area contributed by atoms with E-state index in [-0.39, 0.29) is 0 Å². The Bertz CT molecular complexity index is 663. The molecule has 1 nitrogen and oxygen atoms in total. The maximum Gasteiger partial charge on any atom is 0.118 e. The zero-order chi connectivity index (χ0) is 16.9. The molecule has 0 saturated carbocycles. The highest BCUT2D eigenvalue weighted by Crippen LogP contribution is 2.18. The average Bonchev–Trinajstić information content (AvgIpc) is 2.53. The molecule has 0 aliphatic heterocycles. The molecule has 0 aliphatic carbocycles. The fourth-order valence-corrected chi connectivity index (χ4v) is 4.66. The van der Waals surface area contributed by atoms with Crippen molar-refractivity contribution in [2.24, 2.45) is 0 Å². The first kappa shape index (κ1) is 17.5. The summed E-state index contributed by atoms with van der Waals surface area (Å²) in [5.74, 6) is 0.898. The zero-order valence-corrected chi connectivity index (χ0v) is 16.0. The van der Waals surface area contributed by atoms with Crippen molar-refractivity contribution in [2.75, 3.05) is 7.11 Å². The third kappa shape index (κ3) is 4.58. The van der Waals surface area contributed by atoms with E-state index in [2.05, 4.69) is 69.0 Å². The fourth-order valence-electron chi connectivity index (χ4n) is 2.89. The lowest BCUT2D eigenvalue weighted by Crippen LogP contribution is -2.40. The summed E-state index contributed by atoms with van der Waals surface area (Å²) in [7, 11) is 0.381. The minimum Gasteiger partial charge on any atom is -0.497 e. The molecule has 0 radical (unpaired) electrons. The lowest BCUT2D eigenvalue weighted by molar-refractivity contribution is 0.415. The molecule has 2 heteroatoms. The molecule has 2 rings (SSSR count). The van der Waals surface area contributed by atoms with E-state index in [4.69, 9.17) is 4.74 Å². The number of methoxy groups -OCH3 is 1. The molecule has 0 fully saturated rings. The van der Waals surface area contributed by atoms with E-state index in [1.165, 1.54) is 17.5 Å². The van der Waals surface area contributed by atoms with Gasteiger partial charge in [-0.25, -0.2) is 0 Å². The Kier molecular flexibility index (Phi) is 5.84. The molecule has 0 unspecified atom stereocenters. The average molecular weight is 325 g/mol. The summed E-state index contributed by atoms with van der Waals surface area (Å²) in [6.45, 7) is 9.55. The summed E-state index contributed by atoms with van der Waals surface area (Å²) in [6, 6.07) is 15.0. The first-order valence-corrected chi connectivity index (χ1v) is 11.9. The van der Waals surface area contributed by atoms with Gasteiger partial charge in [-0.1, -0.05) is 80.7 Å². The Morgan fingerprint density at radius 2 is 1.65 bits per heavy atom. The molecule has 0 saturated heterocycles. The van der Waals surface area contributed by atoms with Crippen LogP contribution in [0.15, 0.2) is 42.5 Å². The fraction of sp³-hybridized carbons (Fsp3) is 0.333. The molecular weight excluding hydrogens is 296 g/mol. The van der Waals surface area contributed by atoms with E-state index >= 15 is 0 Å². The summed E-state index contributed by atoms with van der Waals surface area (Å²) in [4.78, 5) is 0. The van der Waals surface area contributed by atoms with Crippen LogP contribution in [0.1, 0.15) is 30.0 Å². The second-order valence-corrected chi connectivity index (χ2v) is 12.0. The largest absolute Gasteiger partial charge is 0.497 e. The topological polar surface area (TPSA) is 9.23 Å². The molecular formula is C21H28OSi. The molecule has 122 valence electrons. The Morgan fingerprint density at radius 1 is 0.957 bits per heavy atom. The Labute approximate surface area is 142 Å². The highest BCUT2D eigenvalue weighted by atomic mass is 28.3. The van der Waals surface area contributed by atoms with Crippen molar-refractivity contribution in [3.05, 3.63) is 59.2 Å². The normalized spacial score (nSPS) is 11.9. The maximum atomic E-state index is 5.22. The van der Waals surface area contributed by atoms with Crippen LogP contribution in [-0.2, 0) is 6.42 Å². The van der Waals surface area contributed by atoms with Crippen molar-refractivity contribution < 1.29 is 4.74 Å². The molecule has 23 heavy (non-hydrogen) atoms. The third-order valence-corrected chi connectivity index (χ3v) is 6.18. The zero-order valence-electron chi connectivity index (χ0n) is 15.0. The molecule has 0 aromatic heterocycles. The van der Waals surface area contributed by atoms with E-state index < -0.39 is 8.07 Å². The van der Waals surface area contributed by atoms with Crippen molar-refractivity contribution in [3.63, 3.8) is 0 Å². The van der Waals surface area contributed by atoms with Crippen LogP contribution in [0.25, 0.3) is 12.2 Å². The molecule has 0 heterocycles. The van der Waals surface area contributed by atoms with Crippen molar-refractivity contribution in [1.29, 1.82) is 0 Å². The number of hydrogen-bond donors (Lipinski definition) is 0. The van der Waals surface area contributed by atoms with Gasteiger partial charge in [0.1, 0.15) is 5.75 Å². The minimum absolute atomic E-state index is 0.898. The van der Waals surface area contributed by atoms with E-state index in [0.29, 0.717) is 0 Å². The molecule has 0 spiro atoms. The molecule has 0 atom stereocenters. The van der Waals surface area contributed by atoms with Crippen LogP contribution in [0.2, 0.25) is 19.6 Å². The highest BCUT2D eigenvalue weighted by molar-refractivity contribution is 6.89. The van der Waals surface area contributed by atoms with Crippen LogP contribution in [0.3, 0.4) is 0 Å². The standard InChI is InChI=1S/C21H28OSi/c1-6-8-20-18(9-7-10-21(20)23(3,4)5)14-11-17-12-15-19(22-2)16-13-17/h7,9-16H,6,8H2,1-5H3/b14-11+. The predicted octanol–water partition coefficient (Wildman–Crippen LogP) is 5.36. The van der Waals surface area contributed by atoms with Crippen LogP contribution in [0, 0.1) is 0 Å². The second-order valence-electron chi connectivity index (χ2n) is 6.98. The van der Waals surface area contributed by atoms with Gasteiger partial charge >= 0.3 is 0 Å². The van der Waals surface area contributed by atoms with Gasteiger partial charge in [-0.15, -0.1) is 0 Å². The van der Waals surface area contributed by atoms with Crippen LogP contribution < -0.4 is 9.92 Å². The van der Waals surface area contributed by atoms with Crippen molar-refractivity contribution in [2.45, 2.75) is 39.4 Å². The lowest BCUT2D eigenvalue weighted by Gasteiger charge is -2.22. The van der Waals surface area contributed by atoms with Gasteiger partial charge in [-0.3, -0.25) is 0 Å². The van der Waals surface area contributed by atoms with E-state index in [0.717, 1.165) is 12.2 Å². The molecule has 2 aromatic carbocycles. The first-order valence-electron chi connectivity index (χ1n) is 8.40. The van der Waals surface area contributed by atoms with E-state index in [1.807, 2.05) is 12.1 Å². The lowest BCUT2D eigenvalue weighted by atomic mass is 10.0. The van der Waals surface area contributed by atoms with Crippen LogP contribution in [0.4, 0.5) is 0 Å². The summed E-state index contributed by atoms with van der Waals surface area (Å²) >= 11 is 0. The van der Waals surface area contributed by atoms with Gasteiger partial charge in [-0.2, -0.15) is 0 Å². The molecule has 2 aromatic rings. The minimum atomic E-state index is -1.32. The Hall–Kier alpha value is -1.80. The number of hydrogen-bond acceptors (Lipinski definition) is 1.